The van der Waals surface area contributed by atoms with E-state index in [-0.39, 0.29) is 28.9 Å². The summed E-state index contributed by atoms with van der Waals surface area (Å²) in [5, 5.41) is 10.6. The van der Waals surface area contributed by atoms with Gasteiger partial charge in [0.1, 0.15) is 11.5 Å². The second kappa shape index (κ2) is 7.43. The van der Waals surface area contributed by atoms with Gasteiger partial charge in [0.15, 0.2) is 17.2 Å². The van der Waals surface area contributed by atoms with Gasteiger partial charge < -0.3 is 5.32 Å². The van der Waals surface area contributed by atoms with Crippen molar-refractivity contribution in [3.63, 3.8) is 0 Å². The molecule has 164 valence electrons. The number of rotatable bonds is 5. The molecule has 0 aliphatic heterocycles. The number of hydrogen-bond donors (Lipinski definition) is 1. The number of anilines is 1. The number of carbonyl (C=O) groups is 1. The maximum atomic E-state index is 13.5. The van der Waals surface area contributed by atoms with Gasteiger partial charge in [-0.1, -0.05) is 12.1 Å². The van der Waals surface area contributed by atoms with E-state index in [1.165, 1.54) is 22.9 Å². The van der Waals surface area contributed by atoms with Gasteiger partial charge in [0, 0.05) is 29.9 Å². The van der Waals surface area contributed by atoms with Crippen LogP contribution in [0.3, 0.4) is 0 Å². The van der Waals surface area contributed by atoms with Crippen LogP contribution in [0.5, 0.6) is 0 Å². The highest BCUT2D eigenvalue weighted by atomic mass is 19.4. The minimum Gasteiger partial charge on any atom is -0.304 e. The summed E-state index contributed by atoms with van der Waals surface area (Å²) >= 11 is 0. The van der Waals surface area contributed by atoms with Gasteiger partial charge in [0.25, 0.3) is 5.91 Å². The van der Waals surface area contributed by atoms with Gasteiger partial charge in [-0.3, -0.25) is 9.48 Å². The maximum Gasteiger partial charge on any atom is 0.433 e. The Kier molecular flexibility index (Phi) is 4.68. The van der Waals surface area contributed by atoms with Crippen LogP contribution >= 0.6 is 0 Å². The molecule has 0 radical (unpaired) electrons. The first-order valence-electron chi connectivity index (χ1n) is 9.83. The zero-order valence-electron chi connectivity index (χ0n) is 16.5. The third kappa shape index (κ3) is 4.05. The van der Waals surface area contributed by atoms with E-state index < -0.39 is 17.8 Å². The van der Waals surface area contributed by atoms with Crippen molar-refractivity contribution >= 4 is 17.4 Å². The highest BCUT2D eigenvalue weighted by Crippen LogP contribution is 2.41. The summed E-state index contributed by atoms with van der Waals surface area (Å²) in [5.41, 5.74) is -0.0362. The highest BCUT2D eigenvalue weighted by molar-refractivity contribution is 6.02. The molecular weight excluding hydrogens is 428 g/mol. The second-order valence-electron chi connectivity index (χ2n) is 7.62. The summed E-state index contributed by atoms with van der Waals surface area (Å²) in [5.74, 6) is -0.833. The Morgan fingerprint density at radius 2 is 1.84 bits per heavy atom. The van der Waals surface area contributed by atoms with Crippen molar-refractivity contribution in [2.24, 2.45) is 0 Å². The van der Waals surface area contributed by atoms with E-state index in [4.69, 9.17) is 0 Å². The van der Waals surface area contributed by atoms with Crippen LogP contribution in [-0.4, -0.2) is 30.3 Å². The van der Waals surface area contributed by atoms with E-state index in [0.717, 1.165) is 24.5 Å². The summed E-state index contributed by atoms with van der Waals surface area (Å²) in [7, 11) is 0. The Balaban J connectivity index is 1.37. The fourth-order valence-corrected chi connectivity index (χ4v) is 3.37. The smallest absolute Gasteiger partial charge is 0.304 e. The normalized spacial score (nSPS) is 14.1. The summed E-state index contributed by atoms with van der Waals surface area (Å²) < 4.78 is 55.8. The topological polar surface area (TPSA) is 77.1 Å². The summed E-state index contributed by atoms with van der Waals surface area (Å²) in [6, 6.07) is 9.68. The zero-order chi connectivity index (χ0) is 22.5. The number of hydrogen-bond acceptors (Lipinski definition) is 4. The lowest BCUT2D eigenvalue weighted by Crippen LogP contribution is -2.16. The first-order chi connectivity index (χ1) is 15.3. The van der Waals surface area contributed by atoms with E-state index in [2.05, 4.69) is 20.5 Å². The van der Waals surface area contributed by atoms with Crippen molar-refractivity contribution in [1.29, 1.82) is 0 Å². The summed E-state index contributed by atoms with van der Waals surface area (Å²) in [4.78, 5) is 16.8. The average molecular weight is 444 g/mol. The van der Waals surface area contributed by atoms with E-state index in [9.17, 15) is 22.4 Å². The van der Waals surface area contributed by atoms with Crippen LogP contribution in [-0.2, 0) is 12.7 Å². The van der Waals surface area contributed by atoms with E-state index in [1.54, 1.807) is 24.4 Å². The van der Waals surface area contributed by atoms with Gasteiger partial charge in [-0.15, -0.1) is 0 Å². The Bertz CT molecular complexity index is 1300. The molecule has 1 amide bonds. The minimum absolute atomic E-state index is 0.0124. The lowest BCUT2D eigenvalue weighted by Gasteiger charge is -2.10. The Morgan fingerprint density at radius 3 is 2.53 bits per heavy atom. The maximum absolute atomic E-state index is 13.5. The third-order valence-electron chi connectivity index (χ3n) is 5.11. The van der Waals surface area contributed by atoms with Crippen molar-refractivity contribution in [3.8, 4) is 0 Å². The first kappa shape index (κ1) is 20.2. The lowest BCUT2D eigenvalue weighted by molar-refractivity contribution is -0.142. The number of fused-ring (bicyclic) bond motifs is 1. The number of carbonyl (C=O) groups excluding carboxylic acids is 1. The van der Waals surface area contributed by atoms with Crippen molar-refractivity contribution in [2.45, 2.75) is 31.5 Å². The van der Waals surface area contributed by atoms with Gasteiger partial charge in [0.05, 0.1) is 6.54 Å². The molecule has 3 aromatic heterocycles. The lowest BCUT2D eigenvalue weighted by atomic mass is 10.2. The summed E-state index contributed by atoms with van der Waals surface area (Å²) in [6.45, 7) is 0.354. The van der Waals surface area contributed by atoms with Crippen LogP contribution in [0.15, 0.2) is 48.7 Å². The van der Waals surface area contributed by atoms with Gasteiger partial charge in [-0.05, 0) is 36.6 Å². The second-order valence-corrected chi connectivity index (χ2v) is 7.62. The highest BCUT2D eigenvalue weighted by Gasteiger charge is 2.37. The van der Waals surface area contributed by atoms with Crippen LogP contribution in [0.2, 0.25) is 0 Å². The molecule has 3 heterocycles. The monoisotopic (exact) mass is 444 g/mol. The average Bonchev–Trinajstić information content (AvgIpc) is 3.35. The summed E-state index contributed by atoms with van der Waals surface area (Å²) in [6.07, 6.45) is -1.43. The Hall–Kier alpha value is -3.76. The molecule has 1 N–H and O–H groups in total. The SMILES string of the molecule is O=C(Nc1ccn(Cc2ccc(F)cc2)n1)c1cc2nc(C3CC3)cc(C(F)(F)F)n2n1. The molecule has 0 bridgehead atoms. The molecule has 32 heavy (non-hydrogen) atoms. The number of aromatic nitrogens is 5. The number of amides is 1. The fourth-order valence-electron chi connectivity index (χ4n) is 3.37. The minimum atomic E-state index is -4.64. The van der Waals surface area contributed by atoms with Crippen LogP contribution in [0, 0.1) is 5.82 Å². The fraction of sp³-hybridized carbons (Fsp3) is 0.238. The molecule has 0 atom stereocenters. The number of halogens is 4. The van der Waals surface area contributed by atoms with Gasteiger partial charge in [-0.2, -0.15) is 23.4 Å². The number of nitrogens with one attached hydrogen (secondary N) is 1. The molecule has 11 heteroatoms. The first-order valence-corrected chi connectivity index (χ1v) is 9.83. The molecule has 1 saturated carbocycles. The van der Waals surface area contributed by atoms with Crippen molar-refractivity contribution in [3.05, 3.63) is 77.1 Å². The van der Waals surface area contributed by atoms with Gasteiger partial charge in [0.2, 0.25) is 0 Å². The number of nitrogens with zero attached hydrogens (tertiary/aromatic N) is 5. The van der Waals surface area contributed by atoms with Crippen LogP contribution in [0.25, 0.3) is 5.65 Å². The van der Waals surface area contributed by atoms with Gasteiger partial charge in [-0.25, -0.2) is 13.9 Å². The number of alkyl halides is 3. The molecular formula is C21H16F4N6O. The molecule has 0 unspecified atom stereocenters. The van der Waals surface area contributed by atoms with Gasteiger partial charge >= 0.3 is 6.18 Å². The standard InChI is InChI=1S/C21H16F4N6O/c22-14-5-1-12(2-6-14)11-30-8-7-18(29-30)27-20(32)16-10-19-26-15(13-3-4-13)9-17(21(23,24)25)31(19)28-16/h1-2,5-10,13H,3-4,11H2,(H,27,29,32). The third-order valence-corrected chi connectivity index (χ3v) is 5.11. The zero-order valence-corrected chi connectivity index (χ0v) is 16.5. The predicted molar refractivity (Wildman–Crippen MR) is 106 cm³/mol. The van der Waals surface area contributed by atoms with Crippen LogP contribution in [0.1, 0.15) is 46.2 Å². The molecule has 5 rings (SSSR count). The molecule has 0 spiro atoms. The van der Waals surface area contributed by atoms with E-state index in [0.29, 0.717) is 16.8 Å². The molecule has 0 saturated heterocycles. The Labute approximate surface area is 178 Å². The van der Waals surface area contributed by atoms with E-state index in [1.807, 2.05) is 0 Å². The molecule has 1 aliphatic rings. The van der Waals surface area contributed by atoms with Crippen LogP contribution in [0.4, 0.5) is 23.4 Å². The largest absolute Gasteiger partial charge is 0.433 e. The quantitative estimate of drug-likeness (QED) is 0.467. The van der Waals surface area contributed by atoms with Crippen molar-refractivity contribution < 1.29 is 22.4 Å². The number of benzene rings is 1. The van der Waals surface area contributed by atoms with Crippen molar-refractivity contribution in [1.82, 2.24) is 24.4 Å². The molecule has 1 aliphatic carbocycles. The van der Waals surface area contributed by atoms with E-state index >= 15 is 0 Å². The molecule has 7 nitrogen and oxygen atoms in total. The molecule has 1 aromatic carbocycles. The Morgan fingerprint density at radius 1 is 1.09 bits per heavy atom. The predicted octanol–water partition coefficient (Wildman–Crippen LogP) is 4.26. The van der Waals surface area contributed by atoms with Crippen LogP contribution < -0.4 is 5.32 Å². The molecule has 4 aromatic rings. The molecule has 1 fully saturated rings. The van der Waals surface area contributed by atoms with Crippen molar-refractivity contribution in [2.75, 3.05) is 5.32 Å².